The molecular weight excluding hydrogens is 542 g/mol. The van der Waals surface area contributed by atoms with Gasteiger partial charge in [-0.2, -0.15) is 5.26 Å². The minimum atomic E-state index is -0.718. The minimum Gasteiger partial charge on any atom is -0.496 e. The van der Waals surface area contributed by atoms with E-state index < -0.39 is 29.5 Å². The highest BCUT2D eigenvalue weighted by Gasteiger charge is 2.41. The fraction of sp³-hybridized carbons (Fsp3) is 0.290. The maximum Gasteiger partial charge on any atom is 0.338 e. The van der Waals surface area contributed by atoms with Crippen molar-refractivity contribution in [1.29, 1.82) is 5.26 Å². The van der Waals surface area contributed by atoms with E-state index >= 15 is 0 Å². The van der Waals surface area contributed by atoms with Crippen molar-refractivity contribution in [1.82, 2.24) is 4.98 Å². The molecule has 1 aliphatic heterocycles. The Labute approximate surface area is 241 Å². The number of methoxy groups -OCH3 is 1. The number of benzene rings is 2. The first-order chi connectivity index (χ1) is 19.8. The van der Waals surface area contributed by atoms with E-state index in [0.29, 0.717) is 33.5 Å². The summed E-state index contributed by atoms with van der Waals surface area (Å²) in [5.74, 6) is -0.998. The molecule has 41 heavy (non-hydrogen) atoms. The zero-order valence-electron chi connectivity index (χ0n) is 22.6. The highest BCUT2D eigenvalue weighted by atomic mass is 32.2. The lowest BCUT2D eigenvalue weighted by atomic mass is 9.87. The van der Waals surface area contributed by atoms with Crippen LogP contribution in [0.3, 0.4) is 0 Å². The molecular formula is C31H27N3O6S. The lowest BCUT2D eigenvalue weighted by molar-refractivity contribution is -0.121. The number of ether oxygens (including phenoxy) is 2. The summed E-state index contributed by atoms with van der Waals surface area (Å²) in [5.41, 5.74) is 3.22. The number of rotatable bonds is 8. The van der Waals surface area contributed by atoms with Crippen molar-refractivity contribution in [2.75, 3.05) is 18.6 Å². The molecule has 2 aliphatic rings. The summed E-state index contributed by atoms with van der Waals surface area (Å²) >= 11 is 1.14. The predicted molar refractivity (Wildman–Crippen MR) is 151 cm³/mol. The highest BCUT2D eigenvalue weighted by Crippen LogP contribution is 2.36. The number of Topliss-reactive ketones (excluding diaryl/α,β-unsaturated/α-hetero) is 1. The number of ketones is 1. The number of nitriles is 1. The van der Waals surface area contributed by atoms with Gasteiger partial charge in [0, 0.05) is 12.1 Å². The van der Waals surface area contributed by atoms with Gasteiger partial charge < -0.3 is 9.47 Å². The van der Waals surface area contributed by atoms with Gasteiger partial charge in [0.15, 0.2) is 6.61 Å². The number of aryl methyl sites for hydroxylation is 1. The Morgan fingerprint density at radius 1 is 1.12 bits per heavy atom. The van der Waals surface area contributed by atoms with Crippen LogP contribution in [0.5, 0.6) is 5.75 Å². The molecule has 9 nitrogen and oxygen atoms in total. The largest absolute Gasteiger partial charge is 0.496 e. The van der Waals surface area contributed by atoms with Gasteiger partial charge in [0.1, 0.15) is 16.8 Å². The van der Waals surface area contributed by atoms with Crippen LogP contribution in [0.1, 0.15) is 57.3 Å². The van der Waals surface area contributed by atoms with Gasteiger partial charge in [0.05, 0.1) is 34.7 Å². The van der Waals surface area contributed by atoms with Crippen LogP contribution in [0, 0.1) is 17.2 Å². The molecule has 208 valence electrons. The van der Waals surface area contributed by atoms with Crippen LogP contribution >= 0.6 is 11.8 Å². The maximum atomic E-state index is 13.3. The first kappa shape index (κ1) is 28.1. The van der Waals surface area contributed by atoms with E-state index in [4.69, 9.17) is 14.5 Å². The Hall–Kier alpha value is -4.49. The Kier molecular flexibility index (Phi) is 8.17. The van der Waals surface area contributed by atoms with Gasteiger partial charge >= 0.3 is 5.97 Å². The summed E-state index contributed by atoms with van der Waals surface area (Å²) in [6, 6.07) is 16.5. The highest BCUT2D eigenvalue weighted by molar-refractivity contribution is 8.00. The average Bonchev–Trinajstić information content (AvgIpc) is 3.27. The molecule has 2 atom stereocenters. The fourth-order valence-corrected chi connectivity index (χ4v) is 6.11. The third-order valence-corrected chi connectivity index (χ3v) is 8.37. The van der Waals surface area contributed by atoms with Crippen LogP contribution in [-0.4, -0.2) is 47.5 Å². The summed E-state index contributed by atoms with van der Waals surface area (Å²) in [6.45, 7) is 1.71. The van der Waals surface area contributed by atoms with Crippen LogP contribution < -0.4 is 9.64 Å². The number of amides is 2. The van der Waals surface area contributed by atoms with Crippen molar-refractivity contribution >= 4 is 41.0 Å². The van der Waals surface area contributed by atoms with E-state index in [-0.39, 0.29) is 17.9 Å². The van der Waals surface area contributed by atoms with Gasteiger partial charge in [-0.05, 0) is 73.2 Å². The number of hydrogen-bond acceptors (Lipinski definition) is 9. The standard InChI is InChI=1S/C31H27N3O6S/c1-18-7-12-24-20(13-18)14-21(16-32)29(33-24)41-27-15-28(36)34(30(27)37)22-10-8-19(9-11-22)31(38)40-17-25(35)23-5-3-4-6-26(23)39-2/h3-6,8-11,14,18,27H,7,12-13,15,17H2,1-2H3. The number of thioether (sulfide) groups is 1. The zero-order chi connectivity index (χ0) is 29.1. The first-order valence-corrected chi connectivity index (χ1v) is 14.1. The van der Waals surface area contributed by atoms with Crippen molar-refractivity contribution in [3.05, 3.63) is 82.5 Å². The molecule has 2 amide bonds. The van der Waals surface area contributed by atoms with Gasteiger partial charge in [-0.1, -0.05) is 30.8 Å². The Balaban J connectivity index is 1.24. The number of para-hydroxylation sites is 1. The van der Waals surface area contributed by atoms with Gasteiger partial charge in [-0.25, -0.2) is 14.7 Å². The summed E-state index contributed by atoms with van der Waals surface area (Å²) in [4.78, 5) is 56.9. The number of carbonyl (C=O) groups is 4. The molecule has 0 bridgehead atoms. The van der Waals surface area contributed by atoms with E-state index in [1.54, 1.807) is 24.3 Å². The predicted octanol–water partition coefficient (Wildman–Crippen LogP) is 4.55. The molecule has 1 aliphatic carbocycles. The molecule has 1 aromatic heterocycles. The van der Waals surface area contributed by atoms with E-state index in [9.17, 15) is 24.4 Å². The van der Waals surface area contributed by atoms with Crippen LogP contribution in [0.4, 0.5) is 5.69 Å². The quantitative estimate of drug-likeness (QED) is 0.218. The minimum absolute atomic E-state index is 0.0287. The second-order valence-corrected chi connectivity index (χ2v) is 11.2. The number of anilines is 1. The molecule has 1 fully saturated rings. The van der Waals surface area contributed by atoms with Crippen molar-refractivity contribution in [2.45, 2.75) is 42.9 Å². The molecule has 1 saturated heterocycles. The third kappa shape index (κ3) is 5.86. The zero-order valence-corrected chi connectivity index (χ0v) is 23.4. The topological polar surface area (TPSA) is 127 Å². The molecule has 0 saturated carbocycles. The van der Waals surface area contributed by atoms with E-state index in [0.717, 1.165) is 47.2 Å². The van der Waals surface area contributed by atoms with E-state index in [1.807, 2.05) is 6.07 Å². The van der Waals surface area contributed by atoms with Crippen LogP contribution in [0.25, 0.3) is 0 Å². The molecule has 10 heteroatoms. The van der Waals surface area contributed by atoms with Crippen LogP contribution in [-0.2, 0) is 27.2 Å². The number of aromatic nitrogens is 1. The maximum absolute atomic E-state index is 13.3. The van der Waals surface area contributed by atoms with E-state index in [2.05, 4.69) is 13.0 Å². The number of nitrogens with zero attached hydrogens (tertiary/aromatic N) is 3. The van der Waals surface area contributed by atoms with Crippen LogP contribution in [0.15, 0.2) is 59.6 Å². The van der Waals surface area contributed by atoms with Crippen molar-refractivity contribution < 1.29 is 28.7 Å². The summed E-state index contributed by atoms with van der Waals surface area (Å²) in [7, 11) is 1.45. The Bertz CT molecular complexity index is 1580. The van der Waals surface area contributed by atoms with Crippen molar-refractivity contribution in [3.63, 3.8) is 0 Å². The number of pyridine rings is 1. The SMILES string of the molecule is COc1ccccc1C(=O)COC(=O)c1ccc(N2C(=O)CC(Sc3nc4c(cc3C#N)CC(C)CC4)C2=O)cc1. The summed E-state index contributed by atoms with van der Waals surface area (Å²) in [6.07, 6.45) is 2.69. The number of hydrogen-bond donors (Lipinski definition) is 0. The van der Waals surface area contributed by atoms with Crippen LogP contribution in [0.2, 0.25) is 0 Å². The van der Waals surface area contributed by atoms with Gasteiger partial charge in [-0.3, -0.25) is 14.4 Å². The average molecular weight is 570 g/mol. The molecule has 2 aromatic carbocycles. The molecule has 0 spiro atoms. The second kappa shape index (κ2) is 11.9. The second-order valence-electron chi connectivity index (χ2n) is 10.0. The fourth-order valence-electron chi connectivity index (χ4n) is 5.01. The number of fused-ring (bicyclic) bond motifs is 1. The van der Waals surface area contributed by atoms with E-state index in [1.165, 1.54) is 31.4 Å². The number of carbonyl (C=O) groups excluding carboxylic acids is 4. The van der Waals surface area contributed by atoms with Crippen molar-refractivity contribution in [2.24, 2.45) is 5.92 Å². The molecule has 5 rings (SSSR count). The van der Waals surface area contributed by atoms with Gasteiger partial charge in [-0.15, -0.1) is 0 Å². The van der Waals surface area contributed by atoms with Crippen molar-refractivity contribution in [3.8, 4) is 11.8 Å². The number of imide groups is 1. The molecule has 0 radical (unpaired) electrons. The lowest BCUT2D eigenvalue weighted by Crippen LogP contribution is -2.31. The van der Waals surface area contributed by atoms with Gasteiger partial charge in [0.2, 0.25) is 17.6 Å². The Morgan fingerprint density at radius 3 is 2.61 bits per heavy atom. The van der Waals surface area contributed by atoms with Gasteiger partial charge in [0.25, 0.3) is 0 Å². The Morgan fingerprint density at radius 2 is 1.88 bits per heavy atom. The summed E-state index contributed by atoms with van der Waals surface area (Å²) in [5, 5.41) is 9.45. The first-order valence-electron chi connectivity index (χ1n) is 13.2. The molecule has 0 N–H and O–H groups in total. The molecule has 3 aromatic rings. The molecule has 2 heterocycles. The monoisotopic (exact) mass is 569 g/mol. The smallest absolute Gasteiger partial charge is 0.338 e. The number of esters is 1. The summed E-state index contributed by atoms with van der Waals surface area (Å²) < 4.78 is 10.3. The molecule has 2 unspecified atom stereocenters. The lowest BCUT2D eigenvalue weighted by Gasteiger charge is -2.22. The third-order valence-electron chi connectivity index (χ3n) is 7.18. The normalized spacial score (nSPS) is 18.0.